The van der Waals surface area contributed by atoms with Gasteiger partial charge in [0, 0.05) is 0 Å². The molecule has 0 fully saturated rings. The van der Waals surface area contributed by atoms with Gasteiger partial charge in [0.2, 0.25) is 5.91 Å². The highest BCUT2D eigenvalue weighted by molar-refractivity contribution is 7.99. The van der Waals surface area contributed by atoms with Crippen LogP contribution in [0, 0.1) is 6.92 Å². The molecule has 2 heterocycles. The molecule has 2 N–H and O–H groups in total. The Hall–Kier alpha value is -3.92. The number of rotatable bonds is 7. The van der Waals surface area contributed by atoms with E-state index in [1.54, 1.807) is 35.9 Å². The number of nitrogens with one attached hydrogen (secondary N) is 2. The monoisotopic (exact) mass is 463 g/mol. The molecule has 0 atom stereocenters. The normalized spacial score (nSPS) is 10.8. The molecule has 0 radical (unpaired) electrons. The largest absolute Gasteiger partial charge is 0.462 e. The van der Waals surface area contributed by atoms with Crippen molar-refractivity contribution in [1.82, 2.24) is 19.7 Å². The molecule has 0 saturated carbocycles. The third kappa shape index (κ3) is 4.96. The van der Waals surface area contributed by atoms with Crippen LogP contribution in [-0.4, -0.2) is 44.0 Å². The van der Waals surface area contributed by atoms with Gasteiger partial charge in [0.25, 0.3) is 5.56 Å². The number of fused-ring (bicyclic) bond motifs is 1. The molecular weight excluding hydrogens is 442 g/mol. The van der Waals surface area contributed by atoms with Crippen molar-refractivity contribution < 1.29 is 14.3 Å². The first-order chi connectivity index (χ1) is 16.0. The summed E-state index contributed by atoms with van der Waals surface area (Å²) in [4.78, 5) is 44.3. The van der Waals surface area contributed by atoms with Crippen molar-refractivity contribution in [2.45, 2.75) is 19.0 Å². The zero-order valence-corrected chi connectivity index (χ0v) is 18.8. The van der Waals surface area contributed by atoms with Crippen molar-refractivity contribution in [3.63, 3.8) is 0 Å². The molecule has 33 heavy (non-hydrogen) atoms. The lowest BCUT2D eigenvalue weighted by Gasteiger charge is -2.10. The third-order valence-electron chi connectivity index (χ3n) is 4.70. The van der Waals surface area contributed by atoms with Crippen LogP contribution in [-0.2, 0) is 9.53 Å². The van der Waals surface area contributed by atoms with Gasteiger partial charge in [-0.15, -0.1) is 0 Å². The molecule has 4 rings (SSSR count). The predicted octanol–water partition coefficient (Wildman–Crippen LogP) is 3.32. The van der Waals surface area contributed by atoms with Crippen molar-refractivity contribution in [2.24, 2.45) is 0 Å². The number of benzene rings is 2. The van der Waals surface area contributed by atoms with Gasteiger partial charge < -0.3 is 15.0 Å². The Morgan fingerprint density at radius 3 is 2.79 bits per heavy atom. The number of amides is 1. The minimum absolute atomic E-state index is 0.0236. The molecule has 4 aromatic rings. The molecule has 0 aliphatic heterocycles. The van der Waals surface area contributed by atoms with Crippen molar-refractivity contribution in [1.29, 1.82) is 0 Å². The van der Waals surface area contributed by atoms with Crippen LogP contribution in [0.2, 0.25) is 0 Å². The smallest absolute Gasteiger partial charge is 0.340 e. The average Bonchev–Trinajstić information content (AvgIpc) is 3.23. The fraction of sp³-hybridized carbons (Fsp3) is 0.174. The van der Waals surface area contributed by atoms with Gasteiger partial charge in [0.1, 0.15) is 5.39 Å². The van der Waals surface area contributed by atoms with Gasteiger partial charge in [0.05, 0.1) is 35.5 Å². The maximum absolute atomic E-state index is 12.5. The molecular formula is C23H21N5O4S. The first-order valence-electron chi connectivity index (χ1n) is 10.2. The second-order valence-corrected chi connectivity index (χ2v) is 8.07. The number of esters is 1. The summed E-state index contributed by atoms with van der Waals surface area (Å²) in [6.07, 6.45) is 1.47. The van der Waals surface area contributed by atoms with Crippen LogP contribution in [0.25, 0.3) is 16.7 Å². The number of aromatic amines is 1. The summed E-state index contributed by atoms with van der Waals surface area (Å²) in [6.45, 7) is 3.91. The summed E-state index contributed by atoms with van der Waals surface area (Å²) in [5.74, 6) is -0.891. The fourth-order valence-electron chi connectivity index (χ4n) is 3.21. The van der Waals surface area contributed by atoms with Gasteiger partial charge >= 0.3 is 5.97 Å². The van der Waals surface area contributed by atoms with E-state index in [-0.39, 0.29) is 34.5 Å². The lowest BCUT2D eigenvalue weighted by atomic mass is 10.2. The molecule has 0 spiro atoms. The van der Waals surface area contributed by atoms with Gasteiger partial charge in [0.15, 0.2) is 10.8 Å². The van der Waals surface area contributed by atoms with Crippen molar-refractivity contribution in [3.8, 4) is 5.69 Å². The predicted molar refractivity (Wildman–Crippen MR) is 126 cm³/mol. The second kappa shape index (κ2) is 9.70. The molecule has 0 saturated heterocycles. The van der Waals surface area contributed by atoms with Crippen molar-refractivity contribution >= 4 is 40.4 Å². The molecule has 9 nitrogen and oxygen atoms in total. The Morgan fingerprint density at radius 2 is 2.00 bits per heavy atom. The number of para-hydroxylation sites is 1. The second-order valence-electron chi connectivity index (χ2n) is 7.11. The maximum atomic E-state index is 12.5. The van der Waals surface area contributed by atoms with Gasteiger partial charge in [-0.05, 0) is 43.7 Å². The zero-order chi connectivity index (χ0) is 23.4. The van der Waals surface area contributed by atoms with Crippen LogP contribution in [0.5, 0.6) is 0 Å². The van der Waals surface area contributed by atoms with Crippen LogP contribution < -0.4 is 10.9 Å². The summed E-state index contributed by atoms with van der Waals surface area (Å²) < 4.78 is 6.62. The minimum Gasteiger partial charge on any atom is -0.462 e. The number of hydrogen-bond donors (Lipinski definition) is 2. The van der Waals surface area contributed by atoms with E-state index in [4.69, 9.17) is 4.74 Å². The molecule has 0 bridgehead atoms. The van der Waals surface area contributed by atoms with E-state index in [9.17, 15) is 14.4 Å². The SMILES string of the molecule is CCOC(=O)c1ccccc1NC(=O)CSc1nc2c(cnn2-c2cccc(C)c2)c(=O)[nH]1. The van der Waals surface area contributed by atoms with E-state index >= 15 is 0 Å². The molecule has 0 aliphatic carbocycles. The summed E-state index contributed by atoms with van der Waals surface area (Å²) in [7, 11) is 0. The zero-order valence-electron chi connectivity index (χ0n) is 18.0. The number of H-pyrrole nitrogens is 1. The van der Waals surface area contributed by atoms with E-state index in [2.05, 4.69) is 20.4 Å². The molecule has 168 valence electrons. The number of ether oxygens (including phenoxy) is 1. The van der Waals surface area contributed by atoms with Crippen LogP contribution in [0.1, 0.15) is 22.8 Å². The van der Waals surface area contributed by atoms with Crippen LogP contribution in [0.15, 0.2) is 64.7 Å². The van der Waals surface area contributed by atoms with Crippen LogP contribution >= 0.6 is 11.8 Å². The highest BCUT2D eigenvalue weighted by Crippen LogP contribution is 2.20. The van der Waals surface area contributed by atoms with E-state index in [1.807, 2.05) is 31.2 Å². The number of anilines is 1. The number of carbonyl (C=O) groups is 2. The Balaban J connectivity index is 1.52. The van der Waals surface area contributed by atoms with E-state index < -0.39 is 5.97 Å². The summed E-state index contributed by atoms with van der Waals surface area (Å²) in [5, 5.41) is 7.66. The van der Waals surface area contributed by atoms with Gasteiger partial charge in [-0.2, -0.15) is 5.10 Å². The van der Waals surface area contributed by atoms with Gasteiger partial charge in [-0.3, -0.25) is 9.59 Å². The number of aromatic nitrogens is 4. The fourth-order valence-corrected chi connectivity index (χ4v) is 3.87. The van der Waals surface area contributed by atoms with Gasteiger partial charge in [-0.25, -0.2) is 14.5 Å². The maximum Gasteiger partial charge on any atom is 0.340 e. The van der Waals surface area contributed by atoms with E-state index in [0.717, 1.165) is 23.0 Å². The lowest BCUT2D eigenvalue weighted by molar-refractivity contribution is -0.113. The summed E-state index contributed by atoms with van der Waals surface area (Å²) in [5.41, 5.74) is 2.53. The highest BCUT2D eigenvalue weighted by Gasteiger charge is 2.16. The van der Waals surface area contributed by atoms with Crippen LogP contribution in [0.4, 0.5) is 5.69 Å². The highest BCUT2D eigenvalue weighted by atomic mass is 32.2. The topological polar surface area (TPSA) is 119 Å². The van der Waals surface area contributed by atoms with E-state index in [1.165, 1.54) is 6.20 Å². The number of thioether (sulfide) groups is 1. The molecule has 2 aromatic carbocycles. The minimum atomic E-state index is -0.512. The molecule has 1 amide bonds. The van der Waals surface area contributed by atoms with Crippen molar-refractivity contribution in [2.75, 3.05) is 17.7 Å². The Kier molecular flexibility index (Phi) is 6.55. The first-order valence-corrected chi connectivity index (χ1v) is 11.2. The average molecular weight is 464 g/mol. The molecule has 2 aromatic heterocycles. The number of hydrogen-bond acceptors (Lipinski definition) is 7. The first kappa shape index (κ1) is 22.3. The quantitative estimate of drug-likeness (QED) is 0.245. The number of nitrogens with zero attached hydrogens (tertiary/aromatic N) is 3. The standard InChI is InChI=1S/C23H21N5O4S/c1-3-32-22(31)16-9-4-5-10-18(16)25-19(29)13-33-23-26-20-17(21(30)27-23)12-24-28(20)15-8-6-7-14(2)11-15/h4-12H,3,13H2,1-2H3,(H,25,29)(H,26,27,30). The molecule has 0 unspecified atom stereocenters. The lowest BCUT2D eigenvalue weighted by Crippen LogP contribution is -2.18. The summed E-state index contributed by atoms with van der Waals surface area (Å²) in [6, 6.07) is 14.3. The number of carbonyl (C=O) groups excluding carboxylic acids is 2. The Morgan fingerprint density at radius 1 is 1.18 bits per heavy atom. The van der Waals surface area contributed by atoms with Crippen molar-refractivity contribution in [3.05, 3.63) is 76.2 Å². The Bertz CT molecular complexity index is 1400. The summed E-state index contributed by atoms with van der Waals surface area (Å²) >= 11 is 1.08. The molecule has 10 heteroatoms. The van der Waals surface area contributed by atoms with Gasteiger partial charge in [-0.1, -0.05) is 36.0 Å². The Labute approximate surface area is 193 Å². The van der Waals surface area contributed by atoms with Crippen LogP contribution in [0.3, 0.4) is 0 Å². The third-order valence-corrected chi connectivity index (χ3v) is 5.57. The van der Waals surface area contributed by atoms with E-state index in [0.29, 0.717) is 16.7 Å². The molecule has 0 aliphatic rings. The number of aryl methyl sites for hydroxylation is 1.